The Balaban J connectivity index is 1.89. The van der Waals surface area contributed by atoms with Gasteiger partial charge in [-0.15, -0.1) is 0 Å². The van der Waals surface area contributed by atoms with Crippen molar-refractivity contribution in [1.29, 1.82) is 0 Å². The van der Waals surface area contributed by atoms with Crippen molar-refractivity contribution < 1.29 is 4.79 Å². The summed E-state index contributed by atoms with van der Waals surface area (Å²) in [5.41, 5.74) is 5.65. The van der Waals surface area contributed by atoms with E-state index in [-0.39, 0.29) is 5.91 Å². The first kappa shape index (κ1) is 11.1. The van der Waals surface area contributed by atoms with E-state index in [0.29, 0.717) is 19.0 Å². The summed E-state index contributed by atoms with van der Waals surface area (Å²) in [6, 6.07) is 1.83. The molecule has 0 saturated carbocycles. The zero-order valence-electron chi connectivity index (χ0n) is 9.38. The third-order valence-corrected chi connectivity index (χ3v) is 3.06. The molecule has 1 saturated heterocycles. The Morgan fingerprint density at radius 3 is 3.12 bits per heavy atom. The fourth-order valence-corrected chi connectivity index (χ4v) is 2.12. The summed E-state index contributed by atoms with van der Waals surface area (Å²) < 4.78 is 1.66. The first-order chi connectivity index (χ1) is 7.79. The minimum atomic E-state index is 0.141. The van der Waals surface area contributed by atoms with Crippen LogP contribution in [-0.4, -0.2) is 40.2 Å². The number of hydrogen-bond donors (Lipinski definition) is 1. The molecule has 1 amide bonds. The summed E-state index contributed by atoms with van der Waals surface area (Å²) in [4.78, 5) is 13.9. The lowest BCUT2D eigenvalue weighted by Gasteiger charge is -2.32. The molecule has 2 N–H and O–H groups in total. The van der Waals surface area contributed by atoms with Crippen LogP contribution in [0.1, 0.15) is 12.8 Å². The zero-order valence-corrected chi connectivity index (χ0v) is 9.38. The van der Waals surface area contributed by atoms with Crippen LogP contribution in [0.5, 0.6) is 0 Å². The van der Waals surface area contributed by atoms with Crippen LogP contribution < -0.4 is 5.73 Å². The third-order valence-electron chi connectivity index (χ3n) is 3.06. The molecule has 5 nitrogen and oxygen atoms in total. The third kappa shape index (κ3) is 2.61. The fraction of sp³-hybridized carbons (Fsp3) is 0.636. The molecule has 0 aliphatic carbocycles. The van der Waals surface area contributed by atoms with Crippen LogP contribution in [0.3, 0.4) is 0 Å². The highest BCUT2D eigenvalue weighted by Gasteiger charge is 2.22. The lowest BCUT2D eigenvalue weighted by Crippen LogP contribution is -2.43. The summed E-state index contributed by atoms with van der Waals surface area (Å²) in [6.07, 6.45) is 5.70. The maximum Gasteiger partial charge on any atom is 0.244 e. The number of hydrogen-bond acceptors (Lipinski definition) is 3. The summed E-state index contributed by atoms with van der Waals surface area (Å²) >= 11 is 0. The summed E-state index contributed by atoms with van der Waals surface area (Å²) in [5, 5.41) is 4.03. The van der Waals surface area contributed by atoms with E-state index in [1.165, 1.54) is 0 Å². The lowest BCUT2D eigenvalue weighted by atomic mass is 9.98. The number of carbonyl (C=O) groups excluding carboxylic acids is 1. The normalized spacial score (nSPS) is 21.1. The average Bonchev–Trinajstić information content (AvgIpc) is 2.82. The smallest absolute Gasteiger partial charge is 0.244 e. The highest BCUT2D eigenvalue weighted by molar-refractivity contribution is 5.76. The van der Waals surface area contributed by atoms with Gasteiger partial charge in [-0.05, 0) is 31.4 Å². The molecule has 16 heavy (non-hydrogen) atoms. The maximum absolute atomic E-state index is 12.0. The van der Waals surface area contributed by atoms with Crippen LogP contribution in [0.4, 0.5) is 0 Å². The second-order valence-electron chi connectivity index (χ2n) is 4.29. The minimum Gasteiger partial charge on any atom is -0.341 e. The number of likely N-dealkylation sites (tertiary alicyclic amines) is 1. The molecule has 0 spiro atoms. The van der Waals surface area contributed by atoms with Gasteiger partial charge in [-0.1, -0.05) is 0 Å². The van der Waals surface area contributed by atoms with Crippen LogP contribution in [0, 0.1) is 5.92 Å². The molecular weight excluding hydrogens is 204 g/mol. The van der Waals surface area contributed by atoms with Gasteiger partial charge in [0.05, 0.1) is 0 Å². The Bertz CT molecular complexity index is 336. The van der Waals surface area contributed by atoms with E-state index in [9.17, 15) is 4.79 Å². The number of carbonyl (C=O) groups is 1. The minimum absolute atomic E-state index is 0.141. The highest BCUT2D eigenvalue weighted by atomic mass is 16.2. The molecule has 0 radical (unpaired) electrons. The van der Waals surface area contributed by atoms with Gasteiger partial charge in [0.2, 0.25) is 5.91 Å². The van der Waals surface area contributed by atoms with Crippen molar-refractivity contribution in [1.82, 2.24) is 14.7 Å². The van der Waals surface area contributed by atoms with Gasteiger partial charge in [0.15, 0.2) is 0 Å². The zero-order chi connectivity index (χ0) is 11.4. The largest absolute Gasteiger partial charge is 0.341 e. The number of rotatable bonds is 3. The van der Waals surface area contributed by atoms with Gasteiger partial charge in [-0.2, -0.15) is 5.10 Å². The number of amides is 1. The van der Waals surface area contributed by atoms with Crippen molar-refractivity contribution in [3.8, 4) is 0 Å². The maximum atomic E-state index is 12.0. The molecular formula is C11H18N4O. The molecule has 88 valence electrons. The van der Waals surface area contributed by atoms with E-state index in [4.69, 9.17) is 5.73 Å². The van der Waals surface area contributed by atoms with Crippen LogP contribution >= 0.6 is 0 Å². The van der Waals surface area contributed by atoms with Crippen LogP contribution in [0.15, 0.2) is 18.5 Å². The summed E-state index contributed by atoms with van der Waals surface area (Å²) in [6.45, 7) is 2.67. The van der Waals surface area contributed by atoms with Gasteiger partial charge in [0, 0.05) is 25.5 Å². The molecule has 0 bridgehead atoms. The molecule has 1 aliphatic heterocycles. The van der Waals surface area contributed by atoms with Crippen molar-refractivity contribution in [2.45, 2.75) is 19.4 Å². The predicted octanol–water partition coefficient (Wildman–Crippen LogP) is 0.0804. The molecule has 1 aliphatic rings. The fourth-order valence-electron chi connectivity index (χ4n) is 2.12. The monoisotopic (exact) mass is 222 g/mol. The lowest BCUT2D eigenvalue weighted by molar-refractivity contribution is -0.133. The van der Waals surface area contributed by atoms with E-state index in [2.05, 4.69) is 5.10 Å². The molecule has 1 fully saturated rings. The van der Waals surface area contributed by atoms with Crippen LogP contribution in [-0.2, 0) is 11.3 Å². The summed E-state index contributed by atoms with van der Waals surface area (Å²) in [5.74, 6) is 0.608. The van der Waals surface area contributed by atoms with Crippen molar-refractivity contribution in [3.63, 3.8) is 0 Å². The van der Waals surface area contributed by atoms with Gasteiger partial charge < -0.3 is 10.6 Å². The topological polar surface area (TPSA) is 64.2 Å². The van der Waals surface area contributed by atoms with Gasteiger partial charge >= 0.3 is 0 Å². The second-order valence-corrected chi connectivity index (χ2v) is 4.29. The standard InChI is InChI=1S/C11H18N4O/c12-7-10-3-1-5-14(8-10)11(16)9-15-6-2-4-13-15/h2,4,6,10H,1,3,5,7-9,12H2/t10-/m0/s1. The number of piperidine rings is 1. The van der Waals surface area contributed by atoms with E-state index in [1.807, 2.05) is 17.2 Å². The van der Waals surface area contributed by atoms with Crippen molar-refractivity contribution in [2.75, 3.05) is 19.6 Å². The average molecular weight is 222 g/mol. The van der Waals surface area contributed by atoms with Gasteiger partial charge in [0.25, 0.3) is 0 Å². The van der Waals surface area contributed by atoms with Gasteiger partial charge in [0.1, 0.15) is 6.54 Å². The first-order valence-corrected chi connectivity index (χ1v) is 5.75. The number of nitrogens with two attached hydrogens (primary N) is 1. The van der Waals surface area contributed by atoms with Crippen molar-refractivity contribution in [3.05, 3.63) is 18.5 Å². The molecule has 1 atom stereocenters. The van der Waals surface area contributed by atoms with Crippen molar-refractivity contribution in [2.24, 2.45) is 11.7 Å². The van der Waals surface area contributed by atoms with E-state index >= 15 is 0 Å². The number of nitrogens with zero attached hydrogens (tertiary/aromatic N) is 3. The van der Waals surface area contributed by atoms with Crippen LogP contribution in [0.25, 0.3) is 0 Å². The Morgan fingerprint density at radius 1 is 1.56 bits per heavy atom. The van der Waals surface area contributed by atoms with E-state index < -0.39 is 0 Å². The Kier molecular flexibility index (Phi) is 3.56. The van der Waals surface area contributed by atoms with E-state index in [1.54, 1.807) is 10.9 Å². The predicted molar refractivity (Wildman–Crippen MR) is 60.6 cm³/mol. The SMILES string of the molecule is NC[C@@H]1CCCN(C(=O)Cn2cccn2)C1. The molecule has 2 heterocycles. The molecule has 0 unspecified atom stereocenters. The van der Waals surface area contributed by atoms with Crippen LogP contribution in [0.2, 0.25) is 0 Å². The molecule has 5 heteroatoms. The van der Waals surface area contributed by atoms with Gasteiger partial charge in [-0.3, -0.25) is 9.48 Å². The first-order valence-electron chi connectivity index (χ1n) is 5.75. The highest BCUT2D eigenvalue weighted by Crippen LogP contribution is 2.15. The molecule has 1 aromatic heterocycles. The molecule has 0 aromatic carbocycles. The molecule has 1 aromatic rings. The summed E-state index contributed by atoms with van der Waals surface area (Å²) in [7, 11) is 0. The molecule has 2 rings (SSSR count). The number of aromatic nitrogens is 2. The Morgan fingerprint density at radius 2 is 2.44 bits per heavy atom. The Hall–Kier alpha value is -1.36. The van der Waals surface area contributed by atoms with Crippen molar-refractivity contribution >= 4 is 5.91 Å². The quantitative estimate of drug-likeness (QED) is 0.787. The van der Waals surface area contributed by atoms with E-state index in [0.717, 1.165) is 25.9 Å². The van der Waals surface area contributed by atoms with Gasteiger partial charge in [-0.25, -0.2) is 0 Å². The Labute approximate surface area is 95.2 Å². The second kappa shape index (κ2) is 5.12.